The molecular formula is C10H14BrNO. The minimum Gasteiger partial charge on any atom is -0.508 e. The van der Waals surface area contributed by atoms with Gasteiger partial charge in [-0.2, -0.15) is 0 Å². The van der Waals surface area contributed by atoms with Gasteiger partial charge in [0.15, 0.2) is 0 Å². The Balaban J connectivity index is 3.38. The van der Waals surface area contributed by atoms with Crippen molar-refractivity contribution >= 4 is 15.9 Å². The standard InChI is InChI=1S/C10H14BrNO/c1-6-4-7(11)9(8(13)5-6)10(2,3)12/h4-5,13H,12H2,1-3H3. The van der Waals surface area contributed by atoms with Crippen LogP contribution < -0.4 is 5.73 Å². The summed E-state index contributed by atoms with van der Waals surface area (Å²) in [6, 6.07) is 3.67. The number of rotatable bonds is 1. The average Bonchev–Trinajstić information content (AvgIpc) is 1.78. The maximum Gasteiger partial charge on any atom is 0.122 e. The third-order valence-corrected chi connectivity index (χ3v) is 2.48. The number of nitrogens with two attached hydrogens (primary N) is 1. The molecule has 0 aliphatic carbocycles. The Morgan fingerprint density at radius 3 is 2.31 bits per heavy atom. The van der Waals surface area contributed by atoms with Gasteiger partial charge in [0.1, 0.15) is 5.75 Å². The fourth-order valence-electron chi connectivity index (χ4n) is 1.36. The molecule has 1 rings (SSSR count). The molecule has 0 saturated carbocycles. The van der Waals surface area contributed by atoms with Gasteiger partial charge in [-0.25, -0.2) is 0 Å². The van der Waals surface area contributed by atoms with E-state index in [0.717, 1.165) is 15.6 Å². The highest BCUT2D eigenvalue weighted by atomic mass is 79.9. The number of hydrogen-bond donors (Lipinski definition) is 2. The Kier molecular flexibility index (Phi) is 2.68. The van der Waals surface area contributed by atoms with Gasteiger partial charge >= 0.3 is 0 Å². The van der Waals surface area contributed by atoms with Gasteiger partial charge in [0.25, 0.3) is 0 Å². The van der Waals surface area contributed by atoms with Crippen molar-refractivity contribution in [2.24, 2.45) is 5.73 Å². The fourth-order valence-corrected chi connectivity index (χ4v) is 2.44. The molecule has 0 amide bonds. The van der Waals surface area contributed by atoms with E-state index in [-0.39, 0.29) is 5.75 Å². The molecule has 0 heterocycles. The maximum atomic E-state index is 9.70. The summed E-state index contributed by atoms with van der Waals surface area (Å²) in [5.41, 5.74) is 7.15. The summed E-state index contributed by atoms with van der Waals surface area (Å²) in [5, 5.41) is 9.70. The van der Waals surface area contributed by atoms with E-state index in [0.29, 0.717) is 0 Å². The number of phenols is 1. The summed E-state index contributed by atoms with van der Waals surface area (Å²) in [7, 11) is 0. The Bertz CT molecular complexity index is 305. The fraction of sp³-hybridized carbons (Fsp3) is 0.400. The minimum atomic E-state index is -0.531. The number of aromatic hydroxyl groups is 1. The quantitative estimate of drug-likeness (QED) is 0.797. The van der Waals surface area contributed by atoms with Crippen molar-refractivity contribution in [1.29, 1.82) is 0 Å². The SMILES string of the molecule is Cc1cc(O)c(C(C)(C)N)c(Br)c1. The first-order chi connectivity index (χ1) is 5.82. The van der Waals surface area contributed by atoms with Crippen LogP contribution in [-0.2, 0) is 5.54 Å². The van der Waals surface area contributed by atoms with Gasteiger partial charge in [0, 0.05) is 15.6 Å². The number of aryl methyl sites for hydroxylation is 1. The summed E-state index contributed by atoms with van der Waals surface area (Å²) in [6.45, 7) is 5.65. The highest BCUT2D eigenvalue weighted by Gasteiger charge is 2.21. The van der Waals surface area contributed by atoms with Crippen LogP contribution >= 0.6 is 15.9 Å². The van der Waals surface area contributed by atoms with Crippen LogP contribution in [-0.4, -0.2) is 5.11 Å². The molecule has 0 bridgehead atoms. The minimum absolute atomic E-state index is 0.249. The van der Waals surface area contributed by atoms with Crippen LogP contribution in [0.5, 0.6) is 5.75 Å². The predicted molar refractivity (Wildman–Crippen MR) is 57.8 cm³/mol. The first kappa shape index (κ1) is 10.5. The van der Waals surface area contributed by atoms with E-state index in [2.05, 4.69) is 15.9 Å². The van der Waals surface area contributed by atoms with Crippen molar-refractivity contribution in [2.45, 2.75) is 26.3 Å². The van der Waals surface area contributed by atoms with E-state index in [1.54, 1.807) is 6.07 Å². The topological polar surface area (TPSA) is 46.2 Å². The Labute approximate surface area is 86.9 Å². The van der Waals surface area contributed by atoms with Gasteiger partial charge in [-0.1, -0.05) is 15.9 Å². The molecule has 0 radical (unpaired) electrons. The lowest BCUT2D eigenvalue weighted by Crippen LogP contribution is -2.29. The first-order valence-electron chi connectivity index (χ1n) is 4.11. The number of hydrogen-bond acceptors (Lipinski definition) is 2. The molecule has 0 saturated heterocycles. The molecule has 13 heavy (non-hydrogen) atoms. The van der Waals surface area contributed by atoms with Crippen molar-refractivity contribution in [3.63, 3.8) is 0 Å². The molecule has 3 N–H and O–H groups in total. The normalized spacial score (nSPS) is 11.8. The summed E-state index contributed by atoms with van der Waals surface area (Å²) >= 11 is 3.39. The van der Waals surface area contributed by atoms with E-state index >= 15 is 0 Å². The van der Waals surface area contributed by atoms with Crippen LogP contribution in [0.25, 0.3) is 0 Å². The van der Waals surface area contributed by atoms with Crippen molar-refractivity contribution in [1.82, 2.24) is 0 Å². The lowest BCUT2D eigenvalue weighted by Gasteiger charge is -2.22. The molecule has 2 nitrogen and oxygen atoms in total. The van der Waals surface area contributed by atoms with Gasteiger partial charge in [0.05, 0.1) is 0 Å². The van der Waals surface area contributed by atoms with Crippen LogP contribution in [0, 0.1) is 6.92 Å². The molecule has 0 aromatic heterocycles. The van der Waals surface area contributed by atoms with Crippen molar-refractivity contribution in [2.75, 3.05) is 0 Å². The molecule has 0 aliphatic heterocycles. The molecule has 1 aromatic rings. The molecule has 0 unspecified atom stereocenters. The van der Waals surface area contributed by atoms with Crippen LogP contribution in [0.1, 0.15) is 25.0 Å². The van der Waals surface area contributed by atoms with Crippen molar-refractivity contribution < 1.29 is 5.11 Å². The highest BCUT2D eigenvalue weighted by Crippen LogP contribution is 2.34. The molecule has 1 aromatic carbocycles. The summed E-state index contributed by atoms with van der Waals surface area (Å²) in [5.74, 6) is 0.249. The van der Waals surface area contributed by atoms with Gasteiger partial charge in [-0.15, -0.1) is 0 Å². The largest absolute Gasteiger partial charge is 0.508 e. The molecule has 0 aliphatic rings. The zero-order valence-corrected chi connectivity index (χ0v) is 9.64. The Morgan fingerprint density at radius 1 is 1.38 bits per heavy atom. The Hall–Kier alpha value is -0.540. The summed E-state index contributed by atoms with van der Waals surface area (Å²) in [4.78, 5) is 0. The third kappa shape index (κ3) is 2.23. The summed E-state index contributed by atoms with van der Waals surface area (Å²) < 4.78 is 0.859. The lowest BCUT2D eigenvalue weighted by molar-refractivity contribution is 0.438. The maximum absolute atomic E-state index is 9.70. The average molecular weight is 244 g/mol. The molecule has 72 valence electrons. The second-order valence-electron chi connectivity index (χ2n) is 3.86. The van der Waals surface area contributed by atoms with E-state index in [4.69, 9.17) is 5.73 Å². The van der Waals surface area contributed by atoms with E-state index in [9.17, 15) is 5.11 Å². The Morgan fingerprint density at radius 2 is 1.92 bits per heavy atom. The monoisotopic (exact) mass is 243 g/mol. The number of phenolic OH excluding ortho intramolecular Hbond substituents is 1. The summed E-state index contributed by atoms with van der Waals surface area (Å²) in [6.07, 6.45) is 0. The zero-order chi connectivity index (χ0) is 10.2. The third-order valence-electron chi connectivity index (χ3n) is 1.86. The number of benzene rings is 1. The van der Waals surface area contributed by atoms with E-state index < -0.39 is 5.54 Å². The molecule has 0 atom stereocenters. The second kappa shape index (κ2) is 3.31. The van der Waals surface area contributed by atoms with Crippen LogP contribution in [0.15, 0.2) is 16.6 Å². The lowest BCUT2D eigenvalue weighted by atomic mass is 9.94. The smallest absolute Gasteiger partial charge is 0.122 e. The molecule has 0 fully saturated rings. The van der Waals surface area contributed by atoms with Crippen LogP contribution in [0.2, 0.25) is 0 Å². The number of halogens is 1. The van der Waals surface area contributed by atoms with Gasteiger partial charge in [0.2, 0.25) is 0 Å². The van der Waals surface area contributed by atoms with Crippen molar-refractivity contribution in [3.05, 3.63) is 27.7 Å². The van der Waals surface area contributed by atoms with Crippen molar-refractivity contribution in [3.8, 4) is 5.75 Å². The van der Waals surface area contributed by atoms with E-state index in [1.807, 2.05) is 26.8 Å². The van der Waals surface area contributed by atoms with Gasteiger partial charge in [-0.05, 0) is 38.5 Å². The highest BCUT2D eigenvalue weighted by molar-refractivity contribution is 9.10. The second-order valence-corrected chi connectivity index (χ2v) is 4.72. The molecule has 0 spiro atoms. The predicted octanol–water partition coefficient (Wildman–Crippen LogP) is 2.66. The zero-order valence-electron chi connectivity index (χ0n) is 8.06. The van der Waals surface area contributed by atoms with Crippen LogP contribution in [0.4, 0.5) is 0 Å². The molecule has 3 heteroatoms. The van der Waals surface area contributed by atoms with E-state index in [1.165, 1.54) is 0 Å². The van der Waals surface area contributed by atoms with Crippen LogP contribution in [0.3, 0.4) is 0 Å². The van der Waals surface area contributed by atoms with Gasteiger partial charge in [-0.3, -0.25) is 0 Å². The first-order valence-corrected chi connectivity index (χ1v) is 4.90. The van der Waals surface area contributed by atoms with Gasteiger partial charge < -0.3 is 10.8 Å². The molecular weight excluding hydrogens is 230 g/mol.